The molecule has 1 saturated carbocycles. The number of anilines is 3. The van der Waals surface area contributed by atoms with E-state index in [1.807, 2.05) is 30.3 Å². The van der Waals surface area contributed by atoms with E-state index in [1.54, 1.807) is 0 Å². The lowest BCUT2D eigenvalue weighted by Crippen LogP contribution is -2.23. The van der Waals surface area contributed by atoms with Crippen LogP contribution in [0.25, 0.3) is 10.9 Å². The zero-order valence-corrected chi connectivity index (χ0v) is 18.5. The minimum Gasteiger partial charge on any atom is -0.396 e. The van der Waals surface area contributed by atoms with Gasteiger partial charge in [0.15, 0.2) is 0 Å². The van der Waals surface area contributed by atoms with Crippen LogP contribution in [-0.2, 0) is 6.42 Å². The Kier molecular flexibility index (Phi) is 8.14. The van der Waals surface area contributed by atoms with E-state index < -0.39 is 0 Å². The van der Waals surface area contributed by atoms with Crippen molar-refractivity contribution in [1.82, 2.24) is 9.97 Å². The Morgan fingerprint density at radius 3 is 2.50 bits per heavy atom. The number of benzene rings is 2. The number of halogens is 2. The van der Waals surface area contributed by atoms with Crippen LogP contribution < -0.4 is 10.6 Å². The highest BCUT2D eigenvalue weighted by molar-refractivity contribution is 6.31. The van der Waals surface area contributed by atoms with Gasteiger partial charge in [-0.15, -0.1) is 12.4 Å². The minimum atomic E-state index is 0. The van der Waals surface area contributed by atoms with Crippen LogP contribution in [0.15, 0.2) is 42.5 Å². The highest BCUT2D eigenvalue weighted by Gasteiger charge is 2.16. The van der Waals surface area contributed by atoms with Crippen LogP contribution in [0.3, 0.4) is 0 Å². The molecule has 1 aromatic heterocycles. The second kappa shape index (κ2) is 10.8. The molecule has 0 bridgehead atoms. The van der Waals surface area contributed by atoms with Gasteiger partial charge in [0, 0.05) is 28.7 Å². The molecule has 1 fully saturated rings. The van der Waals surface area contributed by atoms with Crippen LogP contribution in [-0.4, -0.2) is 27.7 Å². The van der Waals surface area contributed by atoms with Gasteiger partial charge in [-0.1, -0.05) is 43.0 Å². The molecule has 0 spiro atoms. The minimum absolute atomic E-state index is 0. The summed E-state index contributed by atoms with van der Waals surface area (Å²) >= 11 is 6.24. The molecule has 1 heterocycles. The Morgan fingerprint density at radius 1 is 1.00 bits per heavy atom. The molecule has 0 amide bonds. The molecule has 0 unspecified atom stereocenters. The first-order valence-electron chi connectivity index (χ1n) is 10.4. The SMILES string of the molecule is Cl.OCCCc1ccc(Nc2nc(NC3CCCCC3)c3cc(Cl)ccc3n2)cc1. The normalized spacial score (nSPS) is 14.3. The van der Waals surface area contributed by atoms with Crippen molar-refractivity contribution in [3.8, 4) is 0 Å². The zero-order chi connectivity index (χ0) is 20.1. The summed E-state index contributed by atoms with van der Waals surface area (Å²) in [5.74, 6) is 1.41. The van der Waals surface area contributed by atoms with Gasteiger partial charge in [-0.3, -0.25) is 0 Å². The Balaban J connectivity index is 0.00000256. The average molecular weight is 447 g/mol. The van der Waals surface area contributed by atoms with Gasteiger partial charge in [0.25, 0.3) is 0 Å². The number of nitrogens with one attached hydrogen (secondary N) is 2. The van der Waals surface area contributed by atoms with E-state index in [-0.39, 0.29) is 19.0 Å². The molecule has 160 valence electrons. The molecule has 0 atom stereocenters. The summed E-state index contributed by atoms with van der Waals surface area (Å²) in [5.41, 5.74) is 3.01. The number of nitrogens with zero attached hydrogens (tertiary/aromatic N) is 2. The van der Waals surface area contributed by atoms with Crippen molar-refractivity contribution in [3.05, 3.63) is 53.1 Å². The van der Waals surface area contributed by atoms with Crippen LogP contribution in [0.1, 0.15) is 44.1 Å². The number of aryl methyl sites for hydroxylation is 1. The van der Waals surface area contributed by atoms with Gasteiger partial charge in [0.2, 0.25) is 5.95 Å². The lowest BCUT2D eigenvalue weighted by molar-refractivity contribution is 0.288. The summed E-state index contributed by atoms with van der Waals surface area (Å²) in [7, 11) is 0. The molecule has 30 heavy (non-hydrogen) atoms. The van der Waals surface area contributed by atoms with Crippen LogP contribution in [0, 0.1) is 0 Å². The van der Waals surface area contributed by atoms with Gasteiger partial charge in [-0.05, 0) is 61.6 Å². The van der Waals surface area contributed by atoms with E-state index in [4.69, 9.17) is 21.7 Å². The quantitative estimate of drug-likeness (QED) is 0.407. The monoisotopic (exact) mass is 446 g/mol. The molecule has 3 N–H and O–H groups in total. The molecule has 1 aliphatic carbocycles. The van der Waals surface area contributed by atoms with E-state index in [1.165, 1.54) is 37.7 Å². The second-order valence-corrected chi connectivity index (χ2v) is 8.12. The summed E-state index contributed by atoms with van der Waals surface area (Å²) in [4.78, 5) is 9.46. The Hall–Kier alpha value is -2.08. The molecule has 7 heteroatoms. The number of hydrogen-bond donors (Lipinski definition) is 3. The van der Waals surface area contributed by atoms with Crippen molar-refractivity contribution in [2.45, 2.75) is 51.0 Å². The standard InChI is InChI=1S/C23H27ClN4O.ClH/c24-17-10-13-21-20(15-17)22(25-18-6-2-1-3-7-18)28-23(27-21)26-19-11-8-16(9-12-19)5-4-14-29;/h8-13,15,18,29H,1-7,14H2,(H2,25,26,27,28);1H. The first kappa shape index (κ1) is 22.6. The molecular weight excluding hydrogens is 419 g/mol. The topological polar surface area (TPSA) is 70.1 Å². The van der Waals surface area contributed by atoms with Gasteiger partial charge >= 0.3 is 0 Å². The fourth-order valence-corrected chi connectivity index (χ4v) is 4.05. The first-order valence-corrected chi connectivity index (χ1v) is 10.8. The molecule has 0 saturated heterocycles. The van der Waals surface area contributed by atoms with Gasteiger partial charge in [-0.2, -0.15) is 4.98 Å². The van der Waals surface area contributed by atoms with E-state index in [0.29, 0.717) is 17.0 Å². The molecule has 0 aliphatic heterocycles. The predicted octanol–water partition coefficient (Wildman–Crippen LogP) is 6.12. The molecule has 5 nitrogen and oxygen atoms in total. The van der Waals surface area contributed by atoms with E-state index in [2.05, 4.69) is 27.8 Å². The average Bonchev–Trinajstić information content (AvgIpc) is 2.74. The van der Waals surface area contributed by atoms with E-state index in [0.717, 1.165) is 35.2 Å². The maximum atomic E-state index is 8.98. The molecule has 0 radical (unpaired) electrons. The number of aliphatic hydroxyl groups excluding tert-OH is 1. The molecule has 2 aromatic carbocycles. The van der Waals surface area contributed by atoms with Crippen molar-refractivity contribution < 1.29 is 5.11 Å². The maximum absolute atomic E-state index is 8.98. The van der Waals surface area contributed by atoms with Gasteiger partial charge in [0.1, 0.15) is 5.82 Å². The highest BCUT2D eigenvalue weighted by atomic mass is 35.5. The van der Waals surface area contributed by atoms with Crippen LogP contribution in [0.2, 0.25) is 5.02 Å². The van der Waals surface area contributed by atoms with Crippen LogP contribution >= 0.6 is 24.0 Å². The smallest absolute Gasteiger partial charge is 0.229 e. The number of fused-ring (bicyclic) bond motifs is 1. The number of rotatable bonds is 7. The summed E-state index contributed by atoms with van der Waals surface area (Å²) in [5, 5.41) is 17.6. The first-order chi connectivity index (χ1) is 14.2. The summed E-state index contributed by atoms with van der Waals surface area (Å²) < 4.78 is 0. The zero-order valence-electron chi connectivity index (χ0n) is 16.9. The summed E-state index contributed by atoms with van der Waals surface area (Å²) in [6.45, 7) is 0.214. The fraction of sp³-hybridized carbons (Fsp3) is 0.391. The molecule has 1 aliphatic rings. The van der Waals surface area contributed by atoms with Gasteiger partial charge in [0.05, 0.1) is 5.52 Å². The summed E-state index contributed by atoms with van der Waals surface area (Å²) in [6.07, 6.45) is 7.83. The fourth-order valence-electron chi connectivity index (χ4n) is 3.87. The molecular formula is C23H28Cl2N4O. The van der Waals surface area contributed by atoms with E-state index >= 15 is 0 Å². The van der Waals surface area contributed by atoms with Crippen molar-refractivity contribution in [2.75, 3.05) is 17.2 Å². The molecule has 4 rings (SSSR count). The van der Waals surface area contributed by atoms with Crippen molar-refractivity contribution in [1.29, 1.82) is 0 Å². The Morgan fingerprint density at radius 2 is 1.77 bits per heavy atom. The van der Waals surface area contributed by atoms with Crippen LogP contribution in [0.5, 0.6) is 0 Å². The predicted molar refractivity (Wildman–Crippen MR) is 127 cm³/mol. The lowest BCUT2D eigenvalue weighted by Gasteiger charge is -2.24. The summed E-state index contributed by atoms with van der Waals surface area (Å²) in [6, 6.07) is 14.4. The van der Waals surface area contributed by atoms with E-state index in [9.17, 15) is 0 Å². The Labute approximate surface area is 188 Å². The molecule has 3 aromatic rings. The highest BCUT2D eigenvalue weighted by Crippen LogP contribution is 2.29. The van der Waals surface area contributed by atoms with Gasteiger partial charge < -0.3 is 15.7 Å². The third-order valence-electron chi connectivity index (χ3n) is 5.44. The van der Waals surface area contributed by atoms with Crippen molar-refractivity contribution >= 4 is 52.4 Å². The van der Waals surface area contributed by atoms with Crippen molar-refractivity contribution in [3.63, 3.8) is 0 Å². The van der Waals surface area contributed by atoms with Crippen LogP contribution in [0.4, 0.5) is 17.5 Å². The number of aromatic nitrogens is 2. The third kappa shape index (κ3) is 5.75. The maximum Gasteiger partial charge on any atom is 0.229 e. The van der Waals surface area contributed by atoms with Gasteiger partial charge in [-0.25, -0.2) is 4.98 Å². The second-order valence-electron chi connectivity index (χ2n) is 7.69. The largest absolute Gasteiger partial charge is 0.396 e. The Bertz CT molecular complexity index is 959. The van der Waals surface area contributed by atoms with Crippen molar-refractivity contribution in [2.24, 2.45) is 0 Å². The lowest BCUT2D eigenvalue weighted by atomic mass is 9.95. The number of hydrogen-bond acceptors (Lipinski definition) is 5. The third-order valence-corrected chi connectivity index (χ3v) is 5.67. The number of aliphatic hydroxyl groups is 1.